The molecule has 0 unspecified atom stereocenters. The van der Waals surface area contributed by atoms with Gasteiger partial charge in [0.25, 0.3) is 5.91 Å². The number of aromatic nitrogens is 1. The maximum atomic E-state index is 12.8. The van der Waals surface area contributed by atoms with E-state index in [1.165, 1.54) is 12.1 Å². The van der Waals surface area contributed by atoms with Gasteiger partial charge in [-0.25, -0.2) is 4.39 Å². The minimum Gasteiger partial charge on any atom is -0.355 e. The third-order valence-electron chi connectivity index (χ3n) is 3.73. The van der Waals surface area contributed by atoms with Crippen LogP contribution in [-0.2, 0) is 5.75 Å². The Morgan fingerprint density at radius 2 is 1.88 bits per heavy atom. The molecule has 0 radical (unpaired) electrons. The minimum absolute atomic E-state index is 0.218. The second-order valence-corrected chi connectivity index (χ2v) is 6.84. The fourth-order valence-electron chi connectivity index (χ4n) is 2.36. The van der Waals surface area contributed by atoms with Gasteiger partial charge in [0.2, 0.25) is 0 Å². The number of hydrogen-bond acceptors (Lipinski definition) is 4. The van der Waals surface area contributed by atoms with Crippen molar-refractivity contribution < 1.29 is 13.7 Å². The lowest BCUT2D eigenvalue weighted by molar-refractivity contribution is 0.0945. The number of nitrogens with zero attached hydrogens (tertiary/aromatic N) is 1. The highest BCUT2D eigenvalue weighted by atomic mass is 32.2. The van der Waals surface area contributed by atoms with E-state index in [9.17, 15) is 9.18 Å². The van der Waals surface area contributed by atoms with Crippen LogP contribution in [0.4, 0.5) is 4.39 Å². The van der Waals surface area contributed by atoms with Gasteiger partial charge in [0.1, 0.15) is 5.82 Å². The lowest BCUT2D eigenvalue weighted by Gasteiger charge is -2.04. The standard InChI is InChI=1S/C20H19FN2O2S/c21-17-9-7-15(8-10-17)14-26-12-4-11-22-20(24)18-13-19(25-23-18)16-5-2-1-3-6-16/h1-3,5-10,13H,4,11-12,14H2,(H,22,24). The topological polar surface area (TPSA) is 55.1 Å². The Labute approximate surface area is 155 Å². The molecule has 1 heterocycles. The largest absolute Gasteiger partial charge is 0.355 e. The van der Waals surface area contributed by atoms with E-state index in [-0.39, 0.29) is 17.4 Å². The van der Waals surface area contributed by atoms with Crippen molar-refractivity contribution in [2.24, 2.45) is 0 Å². The van der Waals surface area contributed by atoms with E-state index in [1.807, 2.05) is 30.3 Å². The van der Waals surface area contributed by atoms with Gasteiger partial charge in [-0.15, -0.1) is 0 Å². The number of amides is 1. The summed E-state index contributed by atoms with van der Waals surface area (Å²) in [4.78, 5) is 12.1. The van der Waals surface area contributed by atoms with Crippen molar-refractivity contribution in [2.75, 3.05) is 12.3 Å². The van der Waals surface area contributed by atoms with Crippen LogP contribution in [0.15, 0.2) is 65.2 Å². The zero-order valence-corrected chi connectivity index (χ0v) is 15.0. The van der Waals surface area contributed by atoms with Gasteiger partial charge in [-0.3, -0.25) is 4.79 Å². The van der Waals surface area contributed by atoms with E-state index in [0.717, 1.165) is 29.1 Å². The molecule has 0 aliphatic heterocycles. The predicted octanol–water partition coefficient (Wildman–Crippen LogP) is 4.53. The van der Waals surface area contributed by atoms with Crippen LogP contribution >= 0.6 is 11.8 Å². The van der Waals surface area contributed by atoms with E-state index in [0.29, 0.717) is 12.3 Å². The number of thioether (sulfide) groups is 1. The summed E-state index contributed by atoms with van der Waals surface area (Å²) in [7, 11) is 0. The third-order valence-corrected chi connectivity index (χ3v) is 4.85. The third kappa shape index (κ3) is 5.20. The fraction of sp³-hybridized carbons (Fsp3) is 0.200. The van der Waals surface area contributed by atoms with E-state index in [2.05, 4.69) is 10.5 Å². The zero-order valence-electron chi connectivity index (χ0n) is 14.2. The second-order valence-electron chi connectivity index (χ2n) is 5.73. The SMILES string of the molecule is O=C(NCCCSCc1ccc(F)cc1)c1cc(-c2ccccc2)on1. The number of halogens is 1. The summed E-state index contributed by atoms with van der Waals surface area (Å²) in [6.45, 7) is 0.572. The molecule has 0 bridgehead atoms. The van der Waals surface area contributed by atoms with Crippen LogP contribution in [0.1, 0.15) is 22.5 Å². The average Bonchev–Trinajstić information content (AvgIpc) is 3.17. The number of carbonyl (C=O) groups excluding carboxylic acids is 1. The Bertz CT molecular complexity index is 835. The molecule has 26 heavy (non-hydrogen) atoms. The van der Waals surface area contributed by atoms with Gasteiger partial charge < -0.3 is 9.84 Å². The molecule has 1 N–H and O–H groups in total. The van der Waals surface area contributed by atoms with Crippen molar-refractivity contribution in [1.82, 2.24) is 10.5 Å². The van der Waals surface area contributed by atoms with Gasteiger partial charge in [-0.2, -0.15) is 11.8 Å². The maximum absolute atomic E-state index is 12.8. The molecule has 0 fully saturated rings. The maximum Gasteiger partial charge on any atom is 0.273 e. The number of hydrogen-bond donors (Lipinski definition) is 1. The van der Waals surface area contributed by atoms with Crippen molar-refractivity contribution in [3.63, 3.8) is 0 Å². The molecule has 0 aliphatic rings. The second kappa shape index (κ2) is 9.20. The van der Waals surface area contributed by atoms with Crippen molar-refractivity contribution in [1.29, 1.82) is 0 Å². The fourth-order valence-corrected chi connectivity index (χ4v) is 3.28. The molecule has 0 saturated carbocycles. The number of carbonyl (C=O) groups is 1. The predicted molar refractivity (Wildman–Crippen MR) is 101 cm³/mol. The molecule has 4 nitrogen and oxygen atoms in total. The molecule has 2 aromatic carbocycles. The van der Waals surface area contributed by atoms with Crippen LogP contribution in [0.3, 0.4) is 0 Å². The quantitative estimate of drug-likeness (QED) is 0.592. The number of nitrogens with one attached hydrogen (secondary N) is 1. The molecular weight excluding hydrogens is 351 g/mol. The van der Waals surface area contributed by atoms with Crippen molar-refractivity contribution in [3.05, 3.63) is 77.7 Å². The minimum atomic E-state index is -0.237. The Kier molecular flexibility index (Phi) is 6.44. The molecule has 0 saturated heterocycles. The number of rotatable bonds is 8. The first-order valence-corrected chi connectivity index (χ1v) is 9.50. The van der Waals surface area contributed by atoms with Crippen LogP contribution in [0.2, 0.25) is 0 Å². The monoisotopic (exact) mass is 370 g/mol. The molecule has 3 rings (SSSR count). The zero-order chi connectivity index (χ0) is 18.2. The van der Waals surface area contributed by atoms with Gasteiger partial charge in [-0.05, 0) is 29.9 Å². The first-order chi connectivity index (χ1) is 12.7. The van der Waals surface area contributed by atoms with Crippen LogP contribution < -0.4 is 5.32 Å². The molecule has 0 atom stereocenters. The summed E-state index contributed by atoms with van der Waals surface area (Å²) >= 11 is 1.75. The van der Waals surface area contributed by atoms with Crippen LogP contribution in [0.5, 0.6) is 0 Å². The Morgan fingerprint density at radius 3 is 2.65 bits per heavy atom. The van der Waals surface area contributed by atoms with Gasteiger partial charge >= 0.3 is 0 Å². The van der Waals surface area contributed by atoms with Gasteiger partial charge in [-0.1, -0.05) is 47.6 Å². The normalized spacial score (nSPS) is 10.7. The summed E-state index contributed by atoms with van der Waals surface area (Å²) in [5, 5.41) is 6.68. The first kappa shape index (κ1) is 18.2. The summed E-state index contributed by atoms with van der Waals surface area (Å²) in [6.07, 6.45) is 0.848. The van der Waals surface area contributed by atoms with Gasteiger partial charge in [0.05, 0.1) is 0 Å². The number of benzene rings is 2. The first-order valence-electron chi connectivity index (χ1n) is 8.35. The lowest BCUT2D eigenvalue weighted by Crippen LogP contribution is -2.25. The van der Waals surface area contributed by atoms with E-state index in [4.69, 9.17) is 4.52 Å². The van der Waals surface area contributed by atoms with Crippen molar-refractivity contribution >= 4 is 17.7 Å². The highest BCUT2D eigenvalue weighted by molar-refractivity contribution is 7.98. The Balaban J connectivity index is 1.37. The van der Waals surface area contributed by atoms with Gasteiger partial charge in [0.15, 0.2) is 11.5 Å². The van der Waals surface area contributed by atoms with Crippen molar-refractivity contribution in [2.45, 2.75) is 12.2 Å². The van der Waals surface area contributed by atoms with Crippen LogP contribution in [-0.4, -0.2) is 23.4 Å². The molecule has 0 spiro atoms. The van der Waals surface area contributed by atoms with Crippen LogP contribution in [0, 0.1) is 5.82 Å². The summed E-state index contributed by atoms with van der Waals surface area (Å²) < 4.78 is 18.1. The average molecular weight is 370 g/mol. The molecule has 134 valence electrons. The molecule has 0 aliphatic carbocycles. The van der Waals surface area contributed by atoms with Crippen molar-refractivity contribution in [3.8, 4) is 11.3 Å². The summed E-state index contributed by atoms with van der Waals surface area (Å²) in [6, 6.07) is 17.7. The molecular formula is C20H19FN2O2S. The molecule has 1 aromatic heterocycles. The summed E-state index contributed by atoms with van der Waals surface area (Å²) in [5.41, 5.74) is 2.26. The lowest BCUT2D eigenvalue weighted by atomic mass is 10.1. The van der Waals surface area contributed by atoms with E-state index >= 15 is 0 Å². The summed E-state index contributed by atoms with van der Waals surface area (Å²) in [5.74, 6) is 1.86. The molecule has 6 heteroatoms. The van der Waals surface area contributed by atoms with Gasteiger partial charge in [0, 0.05) is 23.9 Å². The Hall–Kier alpha value is -2.60. The van der Waals surface area contributed by atoms with E-state index < -0.39 is 0 Å². The highest BCUT2D eigenvalue weighted by Crippen LogP contribution is 2.19. The Morgan fingerprint density at radius 1 is 1.12 bits per heavy atom. The molecule has 3 aromatic rings. The van der Waals surface area contributed by atoms with E-state index in [1.54, 1.807) is 30.0 Å². The molecule has 1 amide bonds. The highest BCUT2D eigenvalue weighted by Gasteiger charge is 2.12. The smallest absolute Gasteiger partial charge is 0.273 e. The van der Waals surface area contributed by atoms with Crippen LogP contribution in [0.25, 0.3) is 11.3 Å².